The van der Waals surface area contributed by atoms with E-state index >= 15 is 0 Å². The first-order valence-electron chi connectivity index (χ1n) is 10.3. The summed E-state index contributed by atoms with van der Waals surface area (Å²) in [5.41, 5.74) is 2.66. The van der Waals surface area contributed by atoms with Gasteiger partial charge >= 0.3 is 12.4 Å². The molecule has 0 aliphatic rings. The van der Waals surface area contributed by atoms with Crippen molar-refractivity contribution in [3.8, 4) is 22.4 Å². The Bertz CT molecular complexity index is 1490. The zero-order valence-electron chi connectivity index (χ0n) is 19.3. The number of nitrogens with zero attached hydrogens (tertiary/aromatic N) is 4. The monoisotopic (exact) mass is 581 g/mol. The molecule has 0 aliphatic carbocycles. The van der Waals surface area contributed by atoms with Crippen LogP contribution in [0.5, 0.6) is 0 Å². The van der Waals surface area contributed by atoms with Crippen LogP contribution in [-0.4, -0.2) is 25.5 Å². The van der Waals surface area contributed by atoms with Gasteiger partial charge in [0.2, 0.25) is 0 Å². The first-order valence-corrected chi connectivity index (χ1v) is 11.0. The number of halogens is 9. The van der Waals surface area contributed by atoms with Crippen molar-refractivity contribution < 1.29 is 35.5 Å². The van der Waals surface area contributed by atoms with Crippen molar-refractivity contribution in [2.45, 2.75) is 12.4 Å². The highest BCUT2D eigenvalue weighted by Gasteiger charge is 2.41. The fourth-order valence-corrected chi connectivity index (χ4v) is 3.75. The molecule has 0 saturated heterocycles. The molecule has 0 radical (unpaired) electrons. The lowest BCUT2D eigenvalue weighted by atomic mass is 9.94. The zero-order valence-corrected chi connectivity index (χ0v) is 20.8. The van der Waals surface area contributed by atoms with Crippen molar-refractivity contribution in [1.29, 1.82) is 0 Å². The first kappa shape index (κ1) is 29.0. The van der Waals surface area contributed by atoms with Gasteiger partial charge < -0.3 is 5.73 Å². The van der Waals surface area contributed by atoms with Crippen LogP contribution in [0, 0.1) is 5.82 Å². The maximum Gasteiger partial charge on any atom is 0.435 e. The molecule has 1 amide bonds. The van der Waals surface area contributed by atoms with E-state index in [0.717, 1.165) is 27.6 Å². The minimum absolute atomic E-state index is 0.124. The van der Waals surface area contributed by atoms with Gasteiger partial charge in [-0.1, -0.05) is 29.3 Å². The molecule has 15 heteroatoms. The van der Waals surface area contributed by atoms with Gasteiger partial charge in [0, 0.05) is 25.9 Å². The normalized spacial score (nSPS) is 11.8. The van der Waals surface area contributed by atoms with Crippen LogP contribution >= 0.6 is 23.2 Å². The summed E-state index contributed by atoms with van der Waals surface area (Å²) >= 11 is 11.9. The number of aromatic nitrogens is 4. The summed E-state index contributed by atoms with van der Waals surface area (Å²) in [7, 11) is 2.67. The molecule has 0 saturated carbocycles. The second-order valence-electron chi connectivity index (χ2n) is 7.75. The van der Waals surface area contributed by atoms with Crippen LogP contribution in [0.15, 0.2) is 48.7 Å². The van der Waals surface area contributed by atoms with Gasteiger partial charge in [0.25, 0.3) is 5.91 Å². The van der Waals surface area contributed by atoms with E-state index in [9.17, 15) is 35.5 Å². The fraction of sp³-hybridized carbons (Fsp3) is 0.174. The predicted molar refractivity (Wildman–Crippen MR) is 126 cm³/mol. The molecule has 38 heavy (non-hydrogen) atoms. The molecule has 0 bridgehead atoms. The van der Waals surface area contributed by atoms with E-state index < -0.39 is 41.0 Å². The number of aryl methyl sites for hydroxylation is 2. The van der Waals surface area contributed by atoms with Gasteiger partial charge in [-0.3, -0.25) is 14.2 Å². The molecule has 4 aromatic rings. The van der Waals surface area contributed by atoms with Crippen LogP contribution in [0.1, 0.15) is 21.7 Å². The number of nitrogens with two attached hydrogens (primary N) is 1. The number of amides is 1. The minimum atomic E-state index is -4.90. The molecule has 202 valence electrons. The summed E-state index contributed by atoms with van der Waals surface area (Å²) in [6, 6.07) is 8.77. The molecule has 0 spiro atoms. The van der Waals surface area contributed by atoms with Crippen molar-refractivity contribution >= 4 is 29.1 Å². The van der Waals surface area contributed by atoms with E-state index in [0.29, 0.717) is 5.56 Å². The second-order valence-corrected chi connectivity index (χ2v) is 8.56. The van der Waals surface area contributed by atoms with Gasteiger partial charge in [0.1, 0.15) is 5.82 Å². The van der Waals surface area contributed by atoms with Crippen LogP contribution in [0.4, 0.5) is 30.7 Å². The Balaban J connectivity index is 0.000000336. The van der Waals surface area contributed by atoms with E-state index in [1.807, 2.05) is 0 Å². The Morgan fingerprint density at radius 3 is 2.00 bits per heavy atom. The maximum absolute atomic E-state index is 13.9. The lowest BCUT2D eigenvalue weighted by molar-refractivity contribution is -0.142. The van der Waals surface area contributed by atoms with E-state index in [1.54, 1.807) is 0 Å². The first-order chi connectivity index (χ1) is 17.5. The third kappa shape index (κ3) is 6.27. The van der Waals surface area contributed by atoms with Gasteiger partial charge in [-0.15, -0.1) is 0 Å². The molecule has 6 nitrogen and oxygen atoms in total. The molecule has 0 unspecified atom stereocenters. The molecule has 4 rings (SSSR count). The molecule has 2 N–H and O–H groups in total. The molecule has 0 fully saturated rings. The van der Waals surface area contributed by atoms with Crippen LogP contribution in [0.25, 0.3) is 22.4 Å². The molecule has 2 aromatic carbocycles. The molecule has 0 atom stereocenters. The fourth-order valence-electron chi connectivity index (χ4n) is 3.46. The lowest BCUT2D eigenvalue weighted by Crippen LogP contribution is -2.18. The third-order valence-electron chi connectivity index (χ3n) is 5.03. The Morgan fingerprint density at radius 1 is 0.868 bits per heavy atom. The smallest absolute Gasteiger partial charge is 0.365 e. The zero-order chi connectivity index (χ0) is 28.6. The number of carbonyl (C=O) groups excluding carboxylic acids is 1. The van der Waals surface area contributed by atoms with Crippen molar-refractivity contribution in [2.24, 2.45) is 19.8 Å². The lowest BCUT2D eigenvalue weighted by Gasteiger charge is -2.13. The van der Waals surface area contributed by atoms with Crippen molar-refractivity contribution in [3.63, 3.8) is 0 Å². The molecule has 2 heterocycles. The van der Waals surface area contributed by atoms with Gasteiger partial charge in [0.15, 0.2) is 11.4 Å². The quantitative estimate of drug-likeness (QED) is 0.272. The Morgan fingerprint density at radius 2 is 1.53 bits per heavy atom. The second kappa shape index (κ2) is 10.7. The SMILES string of the molecule is Cn1ccc(C(F)(F)F)n1.Cn1nc(C(F)(F)F)c(C(N)=O)c1-c1ccc(F)cc1-c1ccc(Cl)c(Cl)c1. The molecule has 0 aliphatic heterocycles. The average molecular weight is 582 g/mol. The largest absolute Gasteiger partial charge is 0.435 e. The van der Waals surface area contributed by atoms with Crippen LogP contribution in [0.2, 0.25) is 10.0 Å². The Hall–Kier alpha value is -3.58. The van der Waals surface area contributed by atoms with E-state index in [1.165, 1.54) is 44.6 Å². The van der Waals surface area contributed by atoms with Gasteiger partial charge in [-0.2, -0.15) is 36.5 Å². The van der Waals surface area contributed by atoms with E-state index in [-0.39, 0.29) is 26.9 Å². The van der Waals surface area contributed by atoms with Crippen LogP contribution in [0.3, 0.4) is 0 Å². The number of hydrogen-bond acceptors (Lipinski definition) is 3. The number of benzene rings is 2. The highest BCUT2D eigenvalue weighted by atomic mass is 35.5. The summed E-state index contributed by atoms with van der Waals surface area (Å²) in [4.78, 5) is 11.8. The van der Waals surface area contributed by atoms with Crippen LogP contribution in [-0.2, 0) is 26.4 Å². The third-order valence-corrected chi connectivity index (χ3v) is 5.77. The number of hydrogen-bond donors (Lipinski definition) is 1. The van der Waals surface area contributed by atoms with Crippen molar-refractivity contribution in [1.82, 2.24) is 19.6 Å². The number of rotatable bonds is 3. The minimum Gasteiger partial charge on any atom is -0.365 e. The summed E-state index contributed by atoms with van der Waals surface area (Å²) in [5, 5.41) is 7.01. The summed E-state index contributed by atoms with van der Waals surface area (Å²) in [6.45, 7) is 0. The number of primary amides is 1. The molecular formula is C23H16Cl2F7N5O. The Labute approximate surface area is 220 Å². The van der Waals surface area contributed by atoms with Gasteiger partial charge in [-0.25, -0.2) is 4.39 Å². The van der Waals surface area contributed by atoms with Crippen LogP contribution < -0.4 is 5.73 Å². The highest BCUT2D eigenvalue weighted by Crippen LogP contribution is 2.40. The maximum atomic E-state index is 13.9. The highest BCUT2D eigenvalue weighted by molar-refractivity contribution is 6.42. The predicted octanol–water partition coefficient (Wildman–Crippen LogP) is 6.76. The number of carbonyl (C=O) groups is 1. The average Bonchev–Trinajstić information content (AvgIpc) is 3.39. The summed E-state index contributed by atoms with van der Waals surface area (Å²) in [6.07, 6.45) is -7.96. The topological polar surface area (TPSA) is 78.7 Å². The summed E-state index contributed by atoms with van der Waals surface area (Å²) in [5.74, 6) is -1.94. The standard InChI is InChI=1S/C18H11Cl2F4N3O.C5H5F3N2/c1-27-15(14(17(25)28)16(26-27)18(22,23)24)10-4-3-9(21)7-11(10)8-2-5-12(19)13(20)6-8;1-10-3-2-4(9-10)5(6,7)8/h2-7H,1H3,(H2,25,28);2-3H,1H3. The van der Waals surface area contributed by atoms with Gasteiger partial charge in [0.05, 0.1) is 21.3 Å². The molecule has 2 aromatic heterocycles. The molecular weight excluding hydrogens is 566 g/mol. The number of alkyl halides is 6. The van der Waals surface area contributed by atoms with E-state index in [2.05, 4.69) is 10.2 Å². The van der Waals surface area contributed by atoms with Crippen molar-refractivity contribution in [3.05, 3.63) is 81.5 Å². The summed E-state index contributed by atoms with van der Waals surface area (Å²) < 4.78 is 91.1. The van der Waals surface area contributed by atoms with Gasteiger partial charge in [-0.05, 0) is 47.5 Å². The van der Waals surface area contributed by atoms with E-state index in [4.69, 9.17) is 28.9 Å². The van der Waals surface area contributed by atoms with Crippen molar-refractivity contribution in [2.75, 3.05) is 0 Å². The Kier molecular flexibility index (Phi) is 8.13.